The van der Waals surface area contributed by atoms with Crippen molar-refractivity contribution < 1.29 is 38.4 Å². The molecule has 1 saturated heterocycles. The third kappa shape index (κ3) is 7.78. The number of allylic oxidation sites excluding steroid dienone is 1. The second kappa shape index (κ2) is 12.8. The highest BCUT2D eigenvalue weighted by Gasteiger charge is 2.38. The first-order valence-electron chi connectivity index (χ1n) is 10.9. The largest absolute Gasteiger partial charge is 0.497 e. The number of rotatable bonds is 9. The molecule has 1 aliphatic heterocycles. The molecule has 1 heterocycles. The molecule has 0 bridgehead atoms. The Morgan fingerprint density at radius 2 is 1.91 bits per heavy atom. The van der Waals surface area contributed by atoms with Crippen molar-refractivity contribution in [2.75, 3.05) is 21.0 Å². The molecule has 2 rings (SSSR count). The van der Waals surface area contributed by atoms with Crippen molar-refractivity contribution >= 4 is 17.8 Å². The Balaban J connectivity index is 2.30. The number of carboxylic acid groups (broad SMARTS) is 1. The number of ether oxygens (including phenoxy) is 4. The zero-order chi connectivity index (χ0) is 24.4. The van der Waals surface area contributed by atoms with E-state index in [1.165, 1.54) is 26.4 Å². The van der Waals surface area contributed by atoms with Gasteiger partial charge in [-0.1, -0.05) is 18.6 Å². The summed E-state index contributed by atoms with van der Waals surface area (Å²) in [4.78, 5) is 36.9. The van der Waals surface area contributed by atoms with E-state index in [2.05, 4.69) is 0 Å². The van der Waals surface area contributed by atoms with Crippen LogP contribution in [0.5, 0.6) is 5.75 Å². The molecular weight excluding hydrogens is 430 g/mol. The minimum absolute atomic E-state index is 0.0442. The maximum atomic E-state index is 12.9. The fraction of sp³-hybridized carbons (Fsp3) is 0.542. The van der Waals surface area contributed by atoms with Crippen molar-refractivity contribution in [1.29, 1.82) is 0 Å². The number of cyclic esters (lactones) is 1. The van der Waals surface area contributed by atoms with Crippen LogP contribution in [-0.4, -0.2) is 67.1 Å². The first-order valence-corrected chi connectivity index (χ1v) is 10.9. The predicted octanol–water partition coefficient (Wildman–Crippen LogP) is 3.41. The lowest BCUT2D eigenvalue weighted by Crippen LogP contribution is -2.47. The molecule has 4 atom stereocenters. The predicted molar refractivity (Wildman–Crippen MR) is 120 cm³/mol. The average Bonchev–Trinajstić information content (AvgIpc) is 2.82. The second-order valence-electron chi connectivity index (χ2n) is 8.09. The van der Waals surface area contributed by atoms with Crippen LogP contribution in [0.15, 0.2) is 36.6 Å². The number of benzene rings is 1. The molecule has 1 aromatic rings. The van der Waals surface area contributed by atoms with Crippen LogP contribution in [0.2, 0.25) is 0 Å². The van der Waals surface area contributed by atoms with Crippen molar-refractivity contribution in [3.05, 3.63) is 42.2 Å². The number of hydrogen-bond acceptors (Lipinski definition) is 7. The molecule has 0 saturated carbocycles. The molecule has 0 spiro atoms. The first-order chi connectivity index (χ1) is 15.8. The molecular formula is C24H33NO8. The Labute approximate surface area is 194 Å². The third-order valence-electron chi connectivity index (χ3n) is 5.64. The van der Waals surface area contributed by atoms with Crippen LogP contribution in [0.25, 0.3) is 0 Å². The molecule has 182 valence electrons. The summed E-state index contributed by atoms with van der Waals surface area (Å²) >= 11 is 0. The minimum Gasteiger partial charge on any atom is -0.497 e. The van der Waals surface area contributed by atoms with Crippen molar-refractivity contribution in [3.8, 4) is 5.75 Å². The van der Waals surface area contributed by atoms with Crippen molar-refractivity contribution in [2.45, 2.75) is 57.8 Å². The highest BCUT2D eigenvalue weighted by molar-refractivity contribution is 5.86. The van der Waals surface area contributed by atoms with Gasteiger partial charge in [-0.05, 0) is 50.8 Å². The van der Waals surface area contributed by atoms with Crippen LogP contribution in [0, 0.1) is 5.92 Å². The summed E-state index contributed by atoms with van der Waals surface area (Å²) in [5, 5.41) is 9.54. The number of methoxy groups -OCH3 is 2. The lowest BCUT2D eigenvalue weighted by molar-refractivity contribution is -0.162. The number of carbonyl (C=O) groups excluding carboxylic acids is 2. The van der Waals surface area contributed by atoms with Crippen molar-refractivity contribution in [1.82, 2.24) is 4.90 Å². The van der Waals surface area contributed by atoms with E-state index in [0.29, 0.717) is 25.7 Å². The van der Waals surface area contributed by atoms with Gasteiger partial charge in [-0.3, -0.25) is 9.69 Å². The van der Waals surface area contributed by atoms with Crippen LogP contribution >= 0.6 is 0 Å². The van der Waals surface area contributed by atoms with E-state index in [0.717, 1.165) is 16.2 Å². The Kier molecular flexibility index (Phi) is 10.2. The Bertz CT molecular complexity index is 822. The second-order valence-corrected chi connectivity index (χ2v) is 8.09. The molecule has 0 unspecified atom stereocenters. The lowest BCUT2D eigenvalue weighted by atomic mass is 9.86. The topological polar surface area (TPSA) is 112 Å². The van der Waals surface area contributed by atoms with E-state index in [1.807, 2.05) is 24.3 Å². The van der Waals surface area contributed by atoms with E-state index in [9.17, 15) is 19.5 Å². The van der Waals surface area contributed by atoms with Crippen LogP contribution in [0.1, 0.15) is 38.7 Å². The van der Waals surface area contributed by atoms with Gasteiger partial charge >= 0.3 is 12.1 Å². The number of hydrogen-bond donors (Lipinski definition) is 1. The van der Waals surface area contributed by atoms with E-state index in [-0.39, 0.29) is 18.4 Å². The van der Waals surface area contributed by atoms with E-state index in [4.69, 9.17) is 18.9 Å². The summed E-state index contributed by atoms with van der Waals surface area (Å²) in [5.74, 6) is -0.0953. The molecule has 0 radical (unpaired) electrons. The zero-order valence-electron chi connectivity index (χ0n) is 19.6. The molecule has 0 aliphatic carbocycles. The molecule has 1 aliphatic rings. The van der Waals surface area contributed by atoms with Crippen LogP contribution in [0.3, 0.4) is 0 Å². The van der Waals surface area contributed by atoms with E-state index < -0.39 is 30.3 Å². The Morgan fingerprint density at radius 3 is 2.48 bits per heavy atom. The molecule has 1 amide bonds. The van der Waals surface area contributed by atoms with Gasteiger partial charge in [0.05, 0.1) is 13.4 Å². The summed E-state index contributed by atoms with van der Waals surface area (Å²) in [5.41, 5.74) is 1.06. The first kappa shape index (κ1) is 26.2. The van der Waals surface area contributed by atoms with Gasteiger partial charge in [-0.2, -0.15) is 0 Å². The van der Waals surface area contributed by atoms with E-state index >= 15 is 0 Å². The SMILES string of the molecule is COCN(C(=O)O)[C@H]1CCC[C@H](Cc2ccc(OC)cc2)[C@@H](O/C=C/C(C)=O)[C@H](C)OC1=O. The normalized spacial score (nSPS) is 23.7. The highest BCUT2D eigenvalue weighted by atomic mass is 16.6. The lowest BCUT2D eigenvalue weighted by Gasteiger charge is -2.31. The molecule has 1 fully saturated rings. The summed E-state index contributed by atoms with van der Waals surface area (Å²) in [7, 11) is 2.98. The molecule has 1 aromatic carbocycles. The van der Waals surface area contributed by atoms with Gasteiger partial charge in [0.2, 0.25) is 0 Å². The Morgan fingerprint density at radius 1 is 1.21 bits per heavy atom. The average molecular weight is 464 g/mol. The van der Waals surface area contributed by atoms with Crippen molar-refractivity contribution in [3.63, 3.8) is 0 Å². The number of esters is 1. The molecule has 9 heteroatoms. The fourth-order valence-corrected chi connectivity index (χ4v) is 4.00. The maximum absolute atomic E-state index is 12.9. The van der Waals surface area contributed by atoms with Crippen LogP contribution in [-0.2, 0) is 30.2 Å². The fourth-order valence-electron chi connectivity index (χ4n) is 4.00. The van der Waals surface area contributed by atoms with Gasteiger partial charge in [0, 0.05) is 19.1 Å². The number of nitrogens with zero attached hydrogens (tertiary/aromatic N) is 1. The molecule has 1 N–H and O–H groups in total. The number of carbonyl (C=O) groups is 3. The summed E-state index contributed by atoms with van der Waals surface area (Å²) in [6, 6.07) is 6.73. The van der Waals surface area contributed by atoms with Crippen LogP contribution < -0.4 is 4.74 Å². The smallest absolute Gasteiger partial charge is 0.409 e. The third-order valence-corrected chi connectivity index (χ3v) is 5.64. The standard InChI is InChI=1S/C24H33NO8/c1-16(26)12-13-32-22-17(2)33-23(27)21(25(15-30-3)24(28)29)7-5-6-19(22)14-18-8-10-20(31-4)11-9-18/h8-13,17,19,21-22H,5-7,14-15H2,1-4H3,(H,28,29)/b13-12+/t17-,19+,21-,22-/m0/s1. The van der Waals surface area contributed by atoms with Gasteiger partial charge < -0.3 is 24.1 Å². The highest BCUT2D eigenvalue weighted by Crippen LogP contribution is 2.29. The zero-order valence-corrected chi connectivity index (χ0v) is 19.6. The minimum atomic E-state index is -1.25. The van der Waals surface area contributed by atoms with Gasteiger partial charge in [-0.25, -0.2) is 9.59 Å². The number of amides is 1. The molecule has 0 aromatic heterocycles. The monoisotopic (exact) mass is 463 g/mol. The maximum Gasteiger partial charge on any atom is 0.409 e. The molecule has 33 heavy (non-hydrogen) atoms. The van der Waals surface area contributed by atoms with Gasteiger partial charge in [0.25, 0.3) is 0 Å². The summed E-state index contributed by atoms with van der Waals surface area (Å²) in [6.07, 6.45) is 2.41. The van der Waals surface area contributed by atoms with Crippen LogP contribution in [0.4, 0.5) is 4.79 Å². The van der Waals surface area contributed by atoms with Crippen molar-refractivity contribution in [2.24, 2.45) is 5.92 Å². The van der Waals surface area contributed by atoms with Gasteiger partial charge in [-0.15, -0.1) is 0 Å². The van der Waals surface area contributed by atoms with E-state index in [1.54, 1.807) is 14.0 Å². The number of ketones is 1. The quantitative estimate of drug-likeness (QED) is 0.257. The molecule has 9 nitrogen and oxygen atoms in total. The van der Waals surface area contributed by atoms with Gasteiger partial charge in [0.15, 0.2) is 5.78 Å². The summed E-state index contributed by atoms with van der Waals surface area (Å²) < 4.78 is 21.8. The Hall–Kier alpha value is -3.07. The van der Waals surface area contributed by atoms with Gasteiger partial charge in [0.1, 0.15) is 30.7 Å². The summed E-state index contributed by atoms with van der Waals surface area (Å²) in [6.45, 7) is 2.90.